The molecule has 0 aromatic rings. The summed E-state index contributed by atoms with van der Waals surface area (Å²) >= 11 is -2.37. The van der Waals surface area contributed by atoms with Crippen molar-refractivity contribution in [3.63, 3.8) is 0 Å². The van der Waals surface area contributed by atoms with E-state index in [2.05, 4.69) is 20.8 Å². The van der Waals surface area contributed by atoms with Gasteiger partial charge in [-0.2, -0.15) is 0 Å². The second-order valence-corrected chi connectivity index (χ2v) is 23.8. The molecule has 0 aromatic carbocycles. The number of nitrogens with two attached hydrogens (primary N) is 1. The van der Waals surface area contributed by atoms with Gasteiger partial charge in [0.1, 0.15) is 0 Å². The summed E-state index contributed by atoms with van der Waals surface area (Å²) in [5.41, 5.74) is 5.35. The van der Waals surface area contributed by atoms with Gasteiger partial charge in [0.2, 0.25) is 0 Å². The molecule has 0 bridgehead atoms. The van der Waals surface area contributed by atoms with E-state index in [0.29, 0.717) is 19.6 Å². The second-order valence-electron chi connectivity index (χ2n) is 10.1. The van der Waals surface area contributed by atoms with Crippen LogP contribution in [0.15, 0.2) is 0 Å². The minimum atomic E-state index is -2.37. The molecule has 0 unspecified atom stereocenters. The van der Waals surface area contributed by atoms with E-state index in [-0.39, 0.29) is 11.7 Å². The number of hydrogen-bond donors (Lipinski definition) is 1. The second kappa shape index (κ2) is 12.7. The molecule has 29 heavy (non-hydrogen) atoms. The number of likely N-dealkylation sites (tertiary alicyclic amines) is 1. The molecule has 0 radical (unpaired) electrons. The van der Waals surface area contributed by atoms with Gasteiger partial charge in [0, 0.05) is 0 Å². The van der Waals surface area contributed by atoms with E-state index in [0.717, 1.165) is 11.0 Å². The summed E-state index contributed by atoms with van der Waals surface area (Å²) < 4.78 is 17.6. The van der Waals surface area contributed by atoms with Crippen molar-refractivity contribution < 1.29 is 14.3 Å². The molecular weight excluding hydrogens is 471 g/mol. The van der Waals surface area contributed by atoms with Crippen molar-refractivity contribution in [2.24, 2.45) is 5.73 Å². The van der Waals surface area contributed by atoms with Crippen LogP contribution in [0.4, 0.5) is 4.79 Å². The molecule has 1 heterocycles. The fraction of sp³-hybridized carbons (Fsp3) is 0.957. The van der Waals surface area contributed by atoms with E-state index in [9.17, 15) is 4.79 Å². The number of rotatable bonds is 13. The Kier molecular flexibility index (Phi) is 11.9. The van der Waals surface area contributed by atoms with Crippen molar-refractivity contribution in [2.45, 2.75) is 111 Å². The summed E-state index contributed by atoms with van der Waals surface area (Å²) in [4.78, 5) is 14.3. The van der Waals surface area contributed by atoms with Crippen LogP contribution in [0.3, 0.4) is 0 Å². The molecule has 1 fully saturated rings. The number of carbonyl (C=O) groups is 1. The molecular formula is C23H48N2O3Sn. The first-order valence-corrected chi connectivity index (χ1v) is 20.0. The Morgan fingerprint density at radius 1 is 1.03 bits per heavy atom. The van der Waals surface area contributed by atoms with Crippen LogP contribution in [0.2, 0.25) is 13.3 Å². The Labute approximate surface area is 184 Å². The Bertz CT molecular complexity index is 459. The fourth-order valence-electron chi connectivity index (χ4n) is 4.22. The number of ether oxygens (including phenoxy) is 2. The van der Waals surface area contributed by atoms with Crippen molar-refractivity contribution in [2.75, 3.05) is 24.3 Å². The first-order valence-electron chi connectivity index (χ1n) is 12.0. The first-order chi connectivity index (χ1) is 13.6. The van der Waals surface area contributed by atoms with Gasteiger partial charge < -0.3 is 0 Å². The van der Waals surface area contributed by atoms with Gasteiger partial charge in [0.25, 0.3) is 0 Å². The summed E-state index contributed by atoms with van der Waals surface area (Å²) in [6.07, 6.45) is 8.41. The monoisotopic (exact) mass is 520 g/mol. The van der Waals surface area contributed by atoms with Gasteiger partial charge in [-0.25, -0.2) is 0 Å². The summed E-state index contributed by atoms with van der Waals surface area (Å²) in [6.45, 7) is 14.3. The number of carbonyl (C=O) groups excluding carboxylic acids is 1. The summed E-state index contributed by atoms with van der Waals surface area (Å²) in [5, 5.41) is 0. The molecule has 0 saturated carbocycles. The van der Waals surface area contributed by atoms with Crippen molar-refractivity contribution in [3.8, 4) is 0 Å². The van der Waals surface area contributed by atoms with Crippen molar-refractivity contribution in [3.05, 3.63) is 0 Å². The molecule has 0 aliphatic carbocycles. The van der Waals surface area contributed by atoms with Crippen LogP contribution in [0.25, 0.3) is 0 Å². The van der Waals surface area contributed by atoms with Crippen LogP contribution in [-0.2, 0) is 9.47 Å². The predicted octanol–water partition coefficient (Wildman–Crippen LogP) is 5.73. The molecule has 1 aliphatic rings. The Morgan fingerprint density at radius 3 is 1.97 bits per heavy atom. The summed E-state index contributed by atoms with van der Waals surface area (Å²) in [5.74, 6) is 0. The average Bonchev–Trinajstić information content (AvgIpc) is 3.11. The van der Waals surface area contributed by atoms with Crippen molar-refractivity contribution >= 4 is 24.5 Å². The van der Waals surface area contributed by atoms with Crippen LogP contribution >= 0.6 is 0 Å². The third-order valence-electron chi connectivity index (χ3n) is 6.21. The third-order valence-corrected chi connectivity index (χ3v) is 20.5. The van der Waals surface area contributed by atoms with Gasteiger partial charge >= 0.3 is 185 Å². The number of amides is 1. The maximum atomic E-state index is 12.5. The van der Waals surface area contributed by atoms with Gasteiger partial charge in [-0.1, -0.05) is 0 Å². The molecule has 1 aliphatic heterocycles. The number of unbranched alkanes of at least 4 members (excludes halogenated alkanes) is 3. The SMILES string of the molecule is CCC[CH2][Sn]([CH2]CCC)([CH2]CCC)[CH2]O[C@]1(CN)CCN(C(=O)OC(C)(C)C)C1. The van der Waals surface area contributed by atoms with Crippen LogP contribution in [0.5, 0.6) is 0 Å². The molecule has 172 valence electrons. The molecule has 1 saturated heterocycles. The molecule has 6 heteroatoms. The molecule has 1 atom stereocenters. The standard InChI is InChI=1S/C11H21N2O3.3C4H9.Sn/c1-10(2,3)16-9(14)13-6-5-11(7-12,8-13)15-4;3*1-3-4-2;/h4-8,12H2,1-3H3;3*1,3-4H2,2H3;/t11-;;;;/m0..../s1. The van der Waals surface area contributed by atoms with E-state index in [4.69, 9.17) is 15.2 Å². The van der Waals surface area contributed by atoms with Gasteiger partial charge in [0.05, 0.1) is 0 Å². The normalized spacial score (nSPS) is 20.3. The maximum absolute atomic E-state index is 12.5. The van der Waals surface area contributed by atoms with E-state index >= 15 is 0 Å². The van der Waals surface area contributed by atoms with Crippen LogP contribution in [0, 0.1) is 0 Å². The zero-order valence-electron chi connectivity index (χ0n) is 20.1. The zero-order valence-corrected chi connectivity index (χ0v) is 23.0. The zero-order chi connectivity index (χ0) is 22.0. The molecule has 1 rings (SSSR count). The van der Waals surface area contributed by atoms with Gasteiger partial charge in [-0.05, 0) is 0 Å². The van der Waals surface area contributed by atoms with E-state index in [1.165, 1.54) is 51.8 Å². The van der Waals surface area contributed by atoms with E-state index in [1.807, 2.05) is 20.8 Å². The fourth-order valence-corrected chi connectivity index (χ4v) is 18.8. The predicted molar refractivity (Wildman–Crippen MR) is 125 cm³/mol. The summed E-state index contributed by atoms with van der Waals surface area (Å²) in [6, 6.07) is 0. The topological polar surface area (TPSA) is 64.8 Å². The van der Waals surface area contributed by atoms with Gasteiger partial charge in [-0.3, -0.25) is 0 Å². The number of hydrogen-bond acceptors (Lipinski definition) is 4. The number of nitrogens with zero attached hydrogens (tertiary/aromatic N) is 1. The van der Waals surface area contributed by atoms with E-state index < -0.39 is 24.0 Å². The molecule has 0 spiro atoms. The summed E-state index contributed by atoms with van der Waals surface area (Å²) in [7, 11) is 0. The Morgan fingerprint density at radius 2 is 1.55 bits per heavy atom. The molecule has 2 N–H and O–H groups in total. The minimum absolute atomic E-state index is 0.242. The van der Waals surface area contributed by atoms with Crippen LogP contribution in [-0.4, -0.2) is 64.8 Å². The van der Waals surface area contributed by atoms with Crippen LogP contribution in [0.1, 0.15) is 86.5 Å². The molecule has 1 amide bonds. The Hall–Kier alpha value is -0.0113. The van der Waals surface area contributed by atoms with Crippen LogP contribution < -0.4 is 5.73 Å². The first kappa shape index (κ1) is 27.0. The van der Waals surface area contributed by atoms with Gasteiger partial charge in [-0.15, -0.1) is 0 Å². The van der Waals surface area contributed by atoms with Crippen molar-refractivity contribution in [1.82, 2.24) is 4.90 Å². The van der Waals surface area contributed by atoms with E-state index in [1.54, 1.807) is 4.90 Å². The molecule has 5 nitrogen and oxygen atoms in total. The van der Waals surface area contributed by atoms with Gasteiger partial charge in [0.15, 0.2) is 0 Å². The molecule has 0 aromatic heterocycles. The Balaban J connectivity index is 2.84. The average molecular weight is 519 g/mol. The van der Waals surface area contributed by atoms with Crippen molar-refractivity contribution in [1.29, 1.82) is 0 Å². The third kappa shape index (κ3) is 9.34. The quantitative estimate of drug-likeness (QED) is 0.316.